The average molecular weight is 434 g/mol. The second kappa shape index (κ2) is 9.56. The molecule has 1 N–H and O–H groups in total. The molecule has 1 saturated carbocycles. The Kier molecular flexibility index (Phi) is 6.85. The summed E-state index contributed by atoms with van der Waals surface area (Å²) in [5.74, 6) is 2.21. The van der Waals surface area contributed by atoms with Gasteiger partial charge < -0.3 is 14.8 Å². The molecule has 3 heterocycles. The Labute approximate surface area is 181 Å². The summed E-state index contributed by atoms with van der Waals surface area (Å²) in [6, 6.07) is 3.91. The molecule has 1 unspecified atom stereocenters. The van der Waals surface area contributed by atoms with Crippen molar-refractivity contribution in [3.8, 4) is 0 Å². The molecule has 0 bridgehead atoms. The van der Waals surface area contributed by atoms with E-state index >= 15 is 0 Å². The van der Waals surface area contributed by atoms with Crippen molar-refractivity contribution in [2.45, 2.75) is 70.5 Å². The summed E-state index contributed by atoms with van der Waals surface area (Å²) in [6.07, 6.45) is 7.85. The van der Waals surface area contributed by atoms with Gasteiger partial charge in [0.25, 0.3) is 5.91 Å². The first kappa shape index (κ1) is 20.8. The van der Waals surface area contributed by atoms with Crippen molar-refractivity contribution in [1.29, 1.82) is 0 Å². The number of aromatic nitrogens is 1. The van der Waals surface area contributed by atoms with E-state index in [0.717, 1.165) is 46.7 Å². The molecule has 1 aliphatic carbocycles. The number of amides is 2. The number of fused-ring (bicyclic) bond motifs is 3. The fourth-order valence-electron chi connectivity index (χ4n) is 4.52. The lowest BCUT2D eigenvalue weighted by molar-refractivity contribution is -0.127. The first-order chi connectivity index (χ1) is 14.2. The second-order valence-electron chi connectivity index (χ2n) is 8.13. The Morgan fingerprint density at radius 2 is 2.10 bits per heavy atom. The molecule has 0 spiro atoms. The summed E-state index contributed by atoms with van der Waals surface area (Å²) in [5, 5.41) is 5.32. The monoisotopic (exact) mass is 433 g/mol. The van der Waals surface area contributed by atoms with Gasteiger partial charge in [-0.25, -0.2) is 0 Å². The first-order valence-electron chi connectivity index (χ1n) is 10.9. The average Bonchev–Trinajstić information content (AvgIpc) is 3.32. The highest BCUT2D eigenvalue weighted by Gasteiger charge is 2.38. The standard InChI is InChI=1S/C22H31N3O2S2/c1-2-11-28-12-6-10-24-19(21(26)23-16-7-4-3-5-8-16)15-25-17-9-13-29-20(17)14-18(25)22(24)27/h9,13-14,16,19H,2-8,10-12,15H2,1H3,(H,23,26). The van der Waals surface area contributed by atoms with E-state index in [1.165, 1.54) is 25.7 Å². The molecule has 2 aliphatic rings. The Morgan fingerprint density at radius 1 is 1.28 bits per heavy atom. The van der Waals surface area contributed by atoms with Crippen LogP contribution in [0.15, 0.2) is 17.5 Å². The van der Waals surface area contributed by atoms with Crippen LogP contribution in [-0.4, -0.2) is 51.4 Å². The highest BCUT2D eigenvalue weighted by molar-refractivity contribution is 7.99. The number of thiophene rings is 1. The summed E-state index contributed by atoms with van der Waals surface area (Å²) in [7, 11) is 0. The van der Waals surface area contributed by atoms with Crippen LogP contribution in [0.4, 0.5) is 0 Å². The van der Waals surface area contributed by atoms with Crippen molar-refractivity contribution < 1.29 is 9.59 Å². The summed E-state index contributed by atoms with van der Waals surface area (Å²) >= 11 is 3.58. The van der Waals surface area contributed by atoms with Gasteiger partial charge in [0, 0.05) is 12.6 Å². The van der Waals surface area contributed by atoms with E-state index in [2.05, 4.69) is 28.3 Å². The van der Waals surface area contributed by atoms with E-state index in [0.29, 0.717) is 13.1 Å². The number of hydrogen-bond acceptors (Lipinski definition) is 4. The molecule has 7 heteroatoms. The van der Waals surface area contributed by atoms with E-state index in [-0.39, 0.29) is 17.9 Å². The molecular weight excluding hydrogens is 402 g/mol. The van der Waals surface area contributed by atoms with Crippen LogP contribution >= 0.6 is 23.1 Å². The third-order valence-electron chi connectivity index (χ3n) is 6.02. The van der Waals surface area contributed by atoms with Crippen LogP contribution in [0.1, 0.15) is 62.4 Å². The molecule has 2 aromatic rings. The minimum Gasteiger partial charge on any atom is -0.352 e. The van der Waals surface area contributed by atoms with E-state index < -0.39 is 6.04 Å². The molecule has 1 aliphatic heterocycles. The molecule has 29 heavy (non-hydrogen) atoms. The number of nitrogens with one attached hydrogen (secondary N) is 1. The lowest BCUT2D eigenvalue weighted by Gasteiger charge is -2.37. The molecule has 0 saturated heterocycles. The first-order valence-corrected chi connectivity index (χ1v) is 13.0. The van der Waals surface area contributed by atoms with Crippen LogP contribution in [0.3, 0.4) is 0 Å². The van der Waals surface area contributed by atoms with E-state index in [1.54, 1.807) is 11.3 Å². The number of thioether (sulfide) groups is 1. The minimum atomic E-state index is -0.413. The van der Waals surface area contributed by atoms with Gasteiger partial charge in [0.15, 0.2) is 0 Å². The zero-order valence-corrected chi connectivity index (χ0v) is 18.8. The Bertz CT molecular complexity index is 853. The zero-order valence-electron chi connectivity index (χ0n) is 17.2. The van der Waals surface area contributed by atoms with E-state index in [9.17, 15) is 9.59 Å². The van der Waals surface area contributed by atoms with E-state index in [4.69, 9.17) is 0 Å². The normalized spacial score (nSPS) is 20.2. The van der Waals surface area contributed by atoms with Gasteiger partial charge in [-0.15, -0.1) is 11.3 Å². The Hall–Kier alpha value is -1.47. The lowest BCUT2D eigenvalue weighted by Crippen LogP contribution is -2.57. The molecule has 158 valence electrons. The maximum Gasteiger partial charge on any atom is 0.271 e. The molecule has 2 aromatic heterocycles. The number of carbonyl (C=O) groups excluding carboxylic acids is 2. The van der Waals surface area contributed by atoms with Crippen molar-refractivity contribution in [2.24, 2.45) is 0 Å². The van der Waals surface area contributed by atoms with Crippen LogP contribution in [0, 0.1) is 0 Å². The van der Waals surface area contributed by atoms with Crippen molar-refractivity contribution in [2.75, 3.05) is 18.1 Å². The fourth-order valence-corrected chi connectivity index (χ4v) is 6.17. The molecule has 0 aromatic carbocycles. The summed E-state index contributed by atoms with van der Waals surface area (Å²) < 4.78 is 3.18. The number of carbonyl (C=O) groups is 2. The third-order valence-corrected chi connectivity index (χ3v) is 8.15. The van der Waals surface area contributed by atoms with Crippen LogP contribution in [-0.2, 0) is 11.3 Å². The van der Waals surface area contributed by atoms with Crippen LogP contribution in [0.25, 0.3) is 10.2 Å². The molecule has 0 radical (unpaired) electrons. The summed E-state index contributed by atoms with van der Waals surface area (Å²) in [6.45, 7) is 3.39. The topological polar surface area (TPSA) is 54.3 Å². The number of rotatable bonds is 8. The predicted molar refractivity (Wildman–Crippen MR) is 122 cm³/mol. The molecule has 4 rings (SSSR count). The number of nitrogens with zero attached hydrogens (tertiary/aromatic N) is 2. The Balaban J connectivity index is 1.52. The SMILES string of the molecule is CCCSCCCN1C(=O)c2cc3sccc3n2CC1C(=O)NC1CCCCC1. The van der Waals surface area contributed by atoms with Gasteiger partial charge in [0.2, 0.25) is 5.91 Å². The van der Waals surface area contributed by atoms with Gasteiger partial charge in [-0.3, -0.25) is 9.59 Å². The van der Waals surface area contributed by atoms with E-state index in [1.807, 2.05) is 22.7 Å². The quantitative estimate of drug-likeness (QED) is 0.623. The molecule has 2 amide bonds. The van der Waals surface area contributed by atoms with Crippen molar-refractivity contribution in [1.82, 2.24) is 14.8 Å². The maximum atomic E-state index is 13.3. The second-order valence-corrected chi connectivity index (χ2v) is 10.3. The van der Waals surface area contributed by atoms with Crippen molar-refractivity contribution in [3.63, 3.8) is 0 Å². The smallest absolute Gasteiger partial charge is 0.271 e. The van der Waals surface area contributed by atoms with Crippen LogP contribution in [0.2, 0.25) is 0 Å². The maximum absolute atomic E-state index is 13.3. The molecule has 1 atom stereocenters. The number of hydrogen-bond donors (Lipinski definition) is 1. The zero-order chi connectivity index (χ0) is 20.2. The molecule has 5 nitrogen and oxygen atoms in total. The Morgan fingerprint density at radius 3 is 2.90 bits per heavy atom. The summed E-state index contributed by atoms with van der Waals surface area (Å²) in [5.41, 5.74) is 1.81. The lowest BCUT2D eigenvalue weighted by atomic mass is 9.95. The predicted octanol–water partition coefficient (Wildman–Crippen LogP) is 4.51. The van der Waals surface area contributed by atoms with Crippen LogP contribution in [0.5, 0.6) is 0 Å². The largest absolute Gasteiger partial charge is 0.352 e. The van der Waals surface area contributed by atoms with Gasteiger partial charge in [-0.2, -0.15) is 11.8 Å². The third kappa shape index (κ3) is 4.50. The molecule has 1 fully saturated rings. The van der Waals surface area contributed by atoms with Crippen molar-refractivity contribution in [3.05, 3.63) is 23.2 Å². The van der Waals surface area contributed by atoms with Crippen molar-refractivity contribution >= 4 is 45.1 Å². The van der Waals surface area contributed by atoms with Crippen LogP contribution < -0.4 is 5.32 Å². The fraction of sp³-hybridized carbons (Fsp3) is 0.636. The van der Waals surface area contributed by atoms with Gasteiger partial charge in [0.05, 0.1) is 16.8 Å². The van der Waals surface area contributed by atoms with Gasteiger partial charge in [-0.1, -0.05) is 26.2 Å². The minimum absolute atomic E-state index is 0.00364. The van der Waals surface area contributed by atoms with Gasteiger partial charge >= 0.3 is 0 Å². The highest BCUT2D eigenvalue weighted by atomic mass is 32.2. The van der Waals surface area contributed by atoms with Gasteiger partial charge in [0.1, 0.15) is 11.7 Å². The summed E-state index contributed by atoms with van der Waals surface area (Å²) in [4.78, 5) is 28.4. The molecular formula is C22H31N3O2S2. The highest BCUT2D eigenvalue weighted by Crippen LogP contribution is 2.30. The van der Waals surface area contributed by atoms with Gasteiger partial charge in [-0.05, 0) is 54.7 Å².